The summed E-state index contributed by atoms with van der Waals surface area (Å²) < 4.78 is 0. The summed E-state index contributed by atoms with van der Waals surface area (Å²) in [6, 6.07) is 0.168. The number of nitrogens with one attached hydrogen (secondary N) is 2. The monoisotopic (exact) mass is 292 g/mol. The van der Waals surface area contributed by atoms with Gasteiger partial charge in [0.25, 0.3) is 0 Å². The number of carbonyl (C=O) groups excluding carboxylic acids is 1. The molecule has 0 unspecified atom stereocenters. The fourth-order valence-corrected chi connectivity index (χ4v) is 3.16. The minimum atomic E-state index is -1.05. The van der Waals surface area contributed by atoms with Gasteiger partial charge < -0.3 is 15.3 Å². The number of amides is 2. The van der Waals surface area contributed by atoms with Crippen LogP contribution in [0.2, 0.25) is 0 Å². The summed E-state index contributed by atoms with van der Waals surface area (Å²) in [5, 5.41) is 18.8. The van der Waals surface area contributed by atoms with E-state index in [9.17, 15) is 9.59 Å². The van der Waals surface area contributed by atoms with E-state index in [0.29, 0.717) is 25.1 Å². The van der Waals surface area contributed by atoms with Gasteiger partial charge in [0.1, 0.15) is 0 Å². The molecule has 7 heteroatoms. The van der Waals surface area contributed by atoms with Gasteiger partial charge in [0.05, 0.1) is 6.54 Å². The normalized spacial score (nSPS) is 19.1. The molecule has 0 saturated heterocycles. The van der Waals surface area contributed by atoms with Crippen molar-refractivity contribution >= 4 is 12.0 Å². The predicted molar refractivity (Wildman–Crippen MR) is 75.1 cm³/mol. The third-order valence-electron chi connectivity index (χ3n) is 4.36. The number of H-pyrrole nitrogens is 1. The first-order valence-corrected chi connectivity index (χ1v) is 7.50. The van der Waals surface area contributed by atoms with E-state index in [1.54, 1.807) is 4.90 Å². The SMILES string of the molecule is O=C(O)c1n[nH]c2c1CN(C(=O)NC1CCCCC1)CC2. The van der Waals surface area contributed by atoms with Gasteiger partial charge in [-0.15, -0.1) is 0 Å². The second-order valence-corrected chi connectivity index (χ2v) is 5.79. The molecule has 0 bridgehead atoms. The zero-order valence-corrected chi connectivity index (χ0v) is 11.9. The molecule has 2 aliphatic rings. The number of aromatic nitrogens is 2. The Morgan fingerprint density at radius 2 is 2.05 bits per heavy atom. The Morgan fingerprint density at radius 1 is 1.29 bits per heavy atom. The minimum Gasteiger partial charge on any atom is -0.476 e. The van der Waals surface area contributed by atoms with Gasteiger partial charge in [-0.3, -0.25) is 5.10 Å². The van der Waals surface area contributed by atoms with Crippen LogP contribution in [0.1, 0.15) is 53.8 Å². The molecule has 2 amide bonds. The van der Waals surface area contributed by atoms with Gasteiger partial charge >= 0.3 is 12.0 Å². The molecule has 1 fully saturated rings. The molecule has 1 saturated carbocycles. The van der Waals surface area contributed by atoms with Crippen molar-refractivity contribution in [3.63, 3.8) is 0 Å². The maximum absolute atomic E-state index is 12.3. The zero-order chi connectivity index (χ0) is 14.8. The van der Waals surface area contributed by atoms with E-state index in [-0.39, 0.29) is 17.8 Å². The summed E-state index contributed by atoms with van der Waals surface area (Å²) in [5.74, 6) is -1.05. The van der Waals surface area contributed by atoms with Crippen molar-refractivity contribution in [3.05, 3.63) is 17.0 Å². The number of carboxylic acids is 1. The molecule has 0 atom stereocenters. The van der Waals surface area contributed by atoms with Crippen molar-refractivity contribution in [1.82, 2.24) is 20.4 Å². The Hall–Kier alpha value is -2.05. The molecule has 1 aliphatic carbocycles. The fraction of sp³-hybridized carbons (Fsp3) is 0.643. The maximum Gasteiger partial charge on any atom is 0.356 e. The molecule has 3 N–H and O–H groups in total. The van der Waals surface area contributed by atoms with Crippen molar-refractivity contribution in [1.29, 1.82) is 0 Å². The molecule has 1 aromatic rings. The van der Waals surface area contributed by atoms with Crippen molar-refractivity contribution in [2.24, 2.45) is 0 Å². The van der Waals surface area contributed by atoms with Crippen LogP contribution in [0.4, 0.5) is 4.79 Å². The van der Waals surface area contributed by atoms with Crippen LogP contribution in [0.25, 0.3) is 0 Å². The third-order valence-corrected chi connectivity index (χ3v) is 4.36. The standard InChI is InChI=1S/C14H20N4O3/c19-13(20)12-10-8-18(7-6-11(10)16-17-12)14(21)15-9-4-2-1-3-5-9/h9H,1-8H2,(H,15,21)(H,16,17)(H,19,20). The predicted octanol–water partition coefficient (Wildman–Crippen LogP) is 1.51. The fourth-order valence-electron chi connectivity index (χ4n) is 3.16. The molecule has 1 aromatic heterocycles. The lowest BCUT2D eigenvalue weighted by atomic mass is 9.95. The van der Waals surface area contributed by atoms with E-state index in [0.717, 1.165) is 18.5 Å². The number of nitrogens with zero attached hydrogens (tertiary/aromatic N) is 2. The van der Waals surface area contributed by atoms with Gasteiger partial charge in [-0.1, -0.05) is 19.3 Å². The molecule has 3 rings (SSSR count). The number of aromatic amines is 1. The van der Waals surface area contributed by atoms with Crippen molar-refractivity contribution in [3.8, 4) is 0 Å². The number of carboxylic acid groups (broad SMARTS) is 1. The first kappa shape index (κ1) is 13.9. The van der Waals surface area contributed by atoms with Crippen LogP contribution >= 0.6 is 0 Å². The number of urea groups is 1. The topological polar surface area (TPSA) is 98.3 Å². The second kappa shape index (κ2) is 5.75. The lowest BCUT2D eigenvalue weighted by molar-refractivity contribution is 0.0687. The Balaban J connectivity index is 1.66. The molecular formula is C14H20N4O3. The van der Waals surface area contributed by atoms with Crippen LogP contribution in [0, 0.1) is 0 Å². The number of aromatic carboxylic acids is 1. The average molecular weight is 292 g/mol. The highest BCUT2D eigenvalue weighted by atomic mass is 16.4. The smallest absolute Gasteiger partial charge is 0.356 e. The first-order chi connectivity index (χ1) is 10.1. The Morgan fingerprint density at radius 3 is 2.76 bits per heavy atom. The summed E-state index contributed by atoms with van der Waals surface area (Å²) in [4.78, 5) is 25.1. The van der Waals surface area contributed by atoms with E-state index >= 15 is 0 Å². The van der Waals surface area contributed by atoms with Gasteiger partial charge in [-0.25, -0.2) is 9.59 Å². The van der Waals surface area contributed by atoms with Crippen LogP contribution < -0.4 is 5.32 Å². The van der Waals surface area contributed by atoms with Crippen LogP contribution in [-0.4, -0.2) is 44.8 Å². The molecule has 0 radical (unpaired) electrons. The Kier molecular flexibility index (Phi) is 3.81. The number of carbonyl (C=O) groups is 2. The molecule has 0 spiro atoms. The van der Waals surface area contributed by atoms with Crippen LogP contribution in [0.15, 0.2) is 0 Å². The van der Waals surface area contributed by atoms with Crippen LogP contribution in [0.5, 0.6) is 0 Å². The van der Waals surface area contributed by atoms with Gasteiger partial charge in [0.2, 0.25) is 0 Å². The minimum absolute atomic E-state index is 0.0279. The molecule has 2 heterocycles. The van der Waals surface area contributed by atoms with E-state index in [1.165, 1.54) is 19.3 Å². The number of fused-ring (bicyclic) bond motifs is 1. The Labute approximate surface area is 122 Å². The maximum atomic E-state index is 12.3. The summed E-state index contributed by atoms with van der Waals surface area (Å²) >= 11 is 0. The molecule has 114 valence electrons. The quantitative estimate of drug-likeness (QED) is 0.769. The number of rotatable bonds is 2. The summed E-state index contributed by atoms with van der Waals surface area (Å²) in [6.07, 6.45) is 6.28. The van der Waals surface area contributed by atoms with E-state index in [4.69, 9.17) is 5.11 Å². The summed E-state index contributed by atoms with van der Waals surface area (Å²) in [5.41, 5.74) is 1.49. The Bertz CT molecular complexity index is 548. The molecule has 21 heavy (non-hydrogen) atoms. The number of hydrogen-bond acceptors (Lipinski definition) is 3. The lowest BCUT2D eigenvalue weighted by Crippen LogP contribution is -2.47. The molecular weight excluding hydrogens is 272 g/mol. The second-order valence-electron chi connectivity index (χ2n) is 5.79. The van der Waals surface area contributed by atoms with Crippen molar-refractivity contribution in [2.75, 3.05) is 6.54 Å². The highest BCUT2D eigenvalue weighted by Crippen LogP contribution is 2.22. The zero-order valence-electron chi connectivity index (χ0n) is 11.9. The van der Waals surface area contributed by atoms with Crippen LogP contribution in [0.3, 0.4) is 0 Å². The number of hydrogen-bond donors (Lipinski definition) is 3. The molecule has 1 aliphatic heterocycles. The van der Waals surface area contributed by atoms with Crippen molar-refractivity contribution in [2.45, 2.75) is 51.1 Å². The van der Waals surface area contributed by atoms with Gasteiger partial charge in [0.15, 0.2) is 5.69 Å². The average Bonchev–Trinajstić information content (AvgIpc) is 2.91. The summed E-state index contributed by atoms with van der Waals surface area (Å²) in [6.45, 7) is 0.902. The highest BCUT2D eigenvalue weighted by molar-refractivity contribution is 5.87. The van der Waals surface area contributed by atoms with Gasteiger partial charge in [0, 0.05) is 30.3 Å². The largest absolute Gasteiger partial charge is 0.476 e. The van der Waals surface area contributed by atoms with E-state index in [2.05, 4.69) is 15.5 Å². The summed E-state index contributed by atoms with van der Waals surface area (Å²) in [7, 11) is 0. The van der Waals surface area contributed by atoms with Crippen LogP contribution in [-0.2, 0) is 13.0 Å². The van der Waals surface area contributed by atoms with Crippen molar-refractivity contribution < 1.29 is 14.7 Å². The lowest BCUT2D eigenvalue weighted by Gasteiger charge is -2.30. The third kappa shape index (κ3) is 2.86. The van der Waals surface area contributed by atoms with E-state index in [1.807, 2.05) is 0 Å². The highest BCUT2D eigenvalue weighted by Gasteiger charge is 2.28. The first-order valence-electron chi connectivity index (χ1n) is 7.50. The van der Waals surface area contributed by atoms with E-state index < -0.39 is 5.97 Å². The van der Waals surface area contributed by atoms with Gasteiger partial charge in [-0.2, -0.15) is 5.10 Å². The van der Waals surface area contributed by atoms with Gasteiger partial charge in [-0.05, 0) is 12.8 Å². The molecule has 7 nitrogen and oxygen atoms in total. The molecule has 0 aromatic carbocycles.